The predicted octanol–water partition coefficient (Wildman–Crippen LogP) is -0.705. The van der Waals surface area contributed by atoms with Gasteiger partial charge in [-0.3, -0.25) is 0 Å². The summed E-state index contributed by atoms with van der Waals surface area (Å²) in [5.74, 6) is 6.12. The second kappa shape index (κ2) is 3.29. The summed E-state index contributed by atoms with van der Waals surface area (Å²) in [6.07, 6.45) is 3.74. The van der Waals surface area contributed by atoms with Gasteiger partial charge in [0.05, 0.1) is 0 Å². The van der Waals surface area contributed by atoms with Crippen molar-refractivity contribution in [1.29, 1.82) is 0 Å². The summed E-state index contributed by atoms with van der Waals surface area (Å²) in [6, 6.07) is 0. The van der Waals surface area contributed by atoms with Crippen LogP contribution in [0.25, 0.3) is 0 Å². The first-order chi connectivity index (χ1) is 5.25. The molecule has 0 aliphatic carbocycles. The Labute approximate surface area is 69.5 Å². The van der Waals surface area contributed by atoms with E-state index in [-0.39, 0.29) is 0 Å². The van der Waals surface area contributed by atoms with E-state index in [0.717, 1.165) is 0 Å². The maximum Gasteiger partial charge on any atom is 0.206 e. The molecule has 4 N–H and O–H groups in total. The van der Waals surface area contributed by atoms with Crippen LogP contribution in [-0.4, -0.2) is 14.9 Å². The molecule has 0 radical (unpaired) electrons. The molecule has 5 nitrogen and oxygen atoms in total. The molecule has 0 fully saturated rings. The third kappa shape index (κ3) is 1.64. The van der Waals surface area contributed by atoms with Crippen LogP contribution in [0.3, 0.4) is 0 Å². The molecule has 0 saturated heterocycles. The third-order valence-corrected chi connectivity index (χ3v) is 1.49. The summed E-state index contributed by atoms with van der Waals surface area (Å²) >= 11 is 3.95. The van der Waals surface area contributed by atoms with Gasteiger partial charge in [0.2, 0.25) is 5.16 Å². The Morgan fingerprint density at radius 1 is 1.55 bits per heavy atom. The Morgan fingerprint density at radius 2 is 2.27 bits per heavy atom. The zero-order chi connectivity index (χ0) is 8.27. The lowest BCUT2D eigenvalue weighted by Crippen LogP contribution is -2.12. The lowest BCUT2D eigenvalue weighted by molar-refractivity contribution is 0.814. The molecule has 6 heteroatoms. The average Bonchev–Trinajstić information content (AvgIpc) is 2.31. The maximum absolute atomic E-state index is 5.48. The first-order valence-corrected chi connectivity index (χ1v) is 3.45. The van der Waals surface area contributed by atoms with Crippen molar-refractivity contribution in [2.45, 2.75) is 11.6 Å². The van der Waals surface area contributed by atoms with Gasteiger partial charge < -0.3 is 11.6 Å². The second-order valence-electron chi connectivity index (χ2n) is 1.92. The number of allylic oxidation sites excluding steroid dienone is 1. The zero-order valence-corrected chi connectivity index (χ0v) is 6.70. The van der Waals surface area contributed by atoms with Crippen molar-refractivity contribution in [2.75, 3.05) is 5.84 Å². The van der Waals surface area contributed by atoms with Gasteiger partial charge in [0.1, 0.15) is 0 Å². The van der Waals surface area contributed by atoms with Crippen LogP contribution < -0.4 is 11.6 Å². The van der Waals surface area contributed by atoms with Gasteiger partial charge in [0.15, 0.2) is 5.82 Å². The van der Waals surface area contributed by atoms with Crippen LogP contribution in [0.4, 0.5) is 0 Å². The highest BCUT2D eigenvalue weighted by molar-refractivity contribution is 7.80. The van der Waals surface area contributed by atoms with Gasteiger partial charge in [-0.2, -0.15) is 0 Å². The Hall–Kier alpha value is -1.17. The number of nitrogens with zero attached hydrogens (tertiary/aromatic N) is 3. The number of nitrogens with two attached hydrogens (primary N) is 2. The van der Waals surface area contributed by atoms with E-state index < -0.39 is 0 Å². The normalized spacial score (nSPS) is 11.0. The fourth-order valence-electron chi connectivity index (χ4n) is 0.627. The Morgan fingerprint density at radius 3 is 2.73 bits per heavy atom. The molecule has 1 aromatic rings. The lowest BCUT2D eigenvalue weighted by atomic mass is 10.4. The van der Waals surface area contributed by atoms with Gasteiger partial charge >= 0.3 is 0 Å². The quantitative estimate of drug-likeness (QED) is 0.406. The molecule has 0 spiro atoms. The summed E-state index contributed by atoms with van der Waals surface area (Å²) in [6.45, 7) is 0. The lowest BCUT2D eigenvalue weighted by Gasteiger charge is -1.95. The number of thiol groups is 1. The van der Waals surface area contributed by atoms with Crippen LogP contribution in [0.15, 0.2) is 17.4 Å². The number of nitrogen functional groups attached to an aromatic ring is 1. The van der Waals surface area contributed by atoms with Gasteiger partial charge in [-0.05, 0) is 6.20 Å². The molecule has 0 aliphatic rings. The highest BCUT2D eigenvalue weighted by Crippen LogP contribution is 2.01. The SMILES string of the molecule is NC=CCc1nnc(S)n1N. The molecule has 0 atom stereocenters. The smallest absolute Gasteiger partial charge is 0.206 e. The van der Waals surface area contributed by atoms with Gasteiger partial charge in [-0.25, -0.2) is 4.68 Å². The van der Waals surface area contributed by atoms with Gasteiger partial charge in [0, 0.05) is 6.42 Å². The molecule has 0 aromatic carbocycles. The number of hydrogen-bond donors (Lipinski definition) is 3. The Balaban J connectivity index is 2.78. The van der Waals surface area contributed by atoms with E-state index in [2.05, 4.69) is 22.8 Å². The van der Waals surface area contributed by atoms with E-state index in [1.165, 1.54) is 10.9 Å². The average molecular weight is 171 g/mol. The van der Waals surface area contributed by atoms with Crippen LogP contribution in [0.2, 0.25) is 0 Å². The fraction of sp³-hybridized carbons (Fsp3) is 0.200. The van der Waals surface area contributed by atoms with E-state index >= 15 is 0 Å². The molecule has 0 amide bonds. The largest absolute Gasteiger partial charge is 0.405 e. The first-order valence-electron chi connectivity index (χ1n) is 3.00. The summed E-state index contributed by atoms with van der Waals surface area (Å²) in [5, 5.41) is 7.80. The Kier molecular flexibility index (Phi) is 2.37. The highest BCUT2D eigenvalue weighted by atomic mass is 32.1. The van der Waals surface area contributed by atoms with Crippen molar-refractivity contribution in [1.82, 2.24) is 14.9 Å². The number of aromatic nitrogens is 3. The van der Waals surface area contributed by atoms with Crippen molar-refractivity contribution >= 4 is 12.6 Å². The van der Waals surface area contributed by atoms with Crippen LogP contribution in [0.5, 0.6) is 0 Å². The standard InChI is InChI=1S/C5H9N5S/c6-3-1-2-4-8-9-5(11)10(4)7/h1,3H,2,6-7H2,(H,9,11). The van der Waals surface area contributed by atoms with Gasteiger partial charge in [0.25, 0.3) is 0 Å². The van der Waals surface area contributed by atoms with Crippen molar-refractivity contribution in [2.24, 2.45) is 5.73 Å². The molecular weight excluding hydrogens is 162 g/mol. The maximum atomic E-state index is 5.48. The van der Waals surface area contributed by atoms with Crippen molar-refractivity contribution < 1.29 is 0 Å². The van der Waals surface area contributed by atoms with Crippen LogP contribution >= 0.6 is 12.6 Å². The summed E-state index contributed by atoms with van der Waals surface area (Å²) in [5.41, 5.74) is 5.14. The van der Waals surface area contributed by atoms with Crippen molar-refractivity contribution in [3.63, 3.8) is 0 Å². The molecule has 0 bridgehead atoms. The molecule has 1 rings (SSSR count). The van der Waals surface area contributed by atoms with Gasteiger partial charge in [-0.15, -0.1) is 22.8 Å². The summed E-state index contributed by atoms with van der Waals surface area (Å²) in [7, 11) is 0. The van der Waals surface area contributed by atoms with E-state index in [1.54, 1.807) is 6.08 Å². The first kappa shape index (κ1) is 7.93. The number of rotatable bonds is 2. The minimum absolute atomic E-state index is 0.394. The molecule has 0 unspecified atom stereocenters. The molecular formula is C5H9N5S. The van der Waals surface area contributed by atoms with Gasteiger partial charge in [-0.1, -0.05) is 6.08 Å². The minimum atomic E-state index is 0.394. The van der Waals surface area contributed by atoms with E-state index in [0.29, 0.717) is 17.4 Å². The molecule has 11 heavy (non-hydrogen) atoms. The topological polar surface area (TPSA) is 82.8 Å². The van der Waals surface area contributed by atoms with Crippen molar-refractivity contribution in [3.8, 4) is 0 Å². The van der Waals surface area contributed by atoms with Crippen LogP contribution in [0.1, 0.15) is 5.82 Å². The summed E-state index contributed by atoms with van der Waals surface area (Å²) in [4.78, 5) is 0. The monoisotopic (exact) mass is 171 g/mol. The fourth-order valence-corrected chi connectivity index (χ4v) is 0.787. The molecule has 1 aromatic heterocycles. The molecule has 0 aliphatic heterocycles. The number of hydrogen-bond acceptors (Lipinski definition) is 5. The molecule has 60 valence electrons. The predicted molar refractivity (Wildman–Crippen MR) is 44.5 cm³/mol. The van der Waals surface area contributed by atoms with E-state index in [9.17, 15) is 0 Å². The summed E-state index contributed by atoms with van der Waals surface area (Å²) < 4.78 is 1.31. The van der Waals surface area contributed by atoms with E-state index in [1.807, 2.05) is 0 Å². The highest BCUT2D eigenvalue weighted by Gasteiger charge is 2.02. The van der Waals surface area contributed by atoms with Crippen LogP contribution in [-0.2, 0) is 6.42 Å². The Bertz CT molecular complexity index is 266. The van der Waals surface area contributed by atoms with Crippen molar-refractivity contribution in [3.05, 3.63) is 18.1 Å². The van der Waals surface area contributed by atoms with E-state index in [4.69, 9.17) is 11.6 Å². The second-order valence-corrected chi connectivity index (χ2v) is 2.32. The van der Waals surface area contributed by atoms with Crippen LogP contribution in [0, 0.1) is 0 Å². The minimum Gasteiger partial charge on any atom is -0.405 e. The molecule has 0 saturated carbocycles. The zero-order valence-electron chi connectivity index (χ0n) is 5.81. The molecule has 1 heterocycles. The third-order valence-electron chi connectivity index (χ3n) is 1.18.